The van der Waals surface area contributed by atoms with Crippen molar-refractivity contribution in [3.8, 4) is 0 Å². The predicted octanol–water partition coefficient (Wildman–Crippen LogP) is 1.85. The molecule has 0 aliphatic carbocycles. The summed E-state index contributed by atoms with van der Waals surface area (Å²) in [7, 11) is 1.28. The molecule has 0 fully saturated rings. The third-order valence-corrected chi connectivity index (χ3v) is 5.02. The van der Waals surface area contributed by atoms with E-state index in [0.29, 0.717) is 29.0 Å². The normalized spacial score (nSPS) is 10.6. The van der Waals surface area contributed by atoms with Crippen LogP contribution in [-0.2, 0) is 22.6 Å². The quantitative estimate of drug-likeness (QED) is 0.407. The fourth-order valence-electron chi connectivity index (χ4n) is 3.28. The summed E-state index contributed by atoms with van der Waals surface area (Å²) in [5, 5.41) is 9.60. The number of nitrogens with zero attached hydrogens (tertiary/aromatic N) is 3. The van der Waals surface area contributed by atoms with Crippen molar-refractivity contribution in [1.29, 1.82) is 0 Å². The fraction of sp³-hybridized carbons (Fsp3) is 0.125. The van der Waals surface area contributed by atoms with Gasteiger partial charge in [0.15, 0.2) is 5.65 Å². The van der Waals surface area contributed by atoms with Crippen LogP contribution in [0.15, 0.2) is 77.7 Å². The van der Waals surface area contributed by atoms with Crippen LogP contribution in [0.4, 0.5) is 5.69 Å². The monoisotopic (exact) mass is 459 g/mol. The summed E-state index contributed by atoms with van der Waals surface area (Å²) in [6.07, 6.45) is 1.39. The molecule has 10 nitrogen and oxygen atoms in total. The summed E-state index contributed by atoms with van der Waals surface area (Å²) in [4.78, 5) is 49.1. The van der Waals surface area contributed by atoms with Crippen molar-refractivity contribution in [1.82, 2.24) is 19.5 Å². The molecule has 0 saturated carbocycles. The number of esters is 1. The lowest BCUT2D eigenvalue weighted by molar-refractivity contribution is -0.117. The first kappa shape index (κ1) is 22.5. The van der Waals surface area contributed by atoms with Gasteiger partial charge in [0.2, 0.25) is 5.91 Å². The SMILES string of the molecule is COC(=O)c1ccc(NC(=O)Cn2nc3ccc(C(=O)NCc4ccccc4)cn3c2=O)cc1. The number of carbonyl (C=O) groups is 3. The maximum absolute atomic E-state index is 12.7. The van der Waals surface area contributed by atoms with Gasteiger partial charge >= 0.3 is 11.7 Å². The minimum atomic E-state index is -0.552. The van der Waals surface area contributed by atoms with Crippen LogP contribution < -0.4 is 16.3 Å². The molecule has 4 rings (SSSR count). The van der Waals surface area contributed by atoms with Gasteiger partial charge in [-0.15, -0.1) is 5.10 Å². The van der Waals surface area contributed by atoms with Crippen LogP contribution in [-0.4, -0.2) is 39.1 Å². The molecule has 172 valence electrons. The third kappa shape index (κ3) is 5.01. The van der Waals surface area contributed by atoms with Crippen LogP contribution in [0, 0.1) is 0 Å². The van der Waals surface area contributed by atoms with E-state index in [1.807, 2.05) is 30.3 Å². The van der Waals surface area contributed by atoms with E-state index < -0.39 is 17.6 Å². The second-order valence-electron chi connectivity index (χ2n) is 7.37. The summed E-state index contributed by atoms with van der Waals surface area (Å²) in [5.74, 6) is -1.29. The van der Waals surface area contributed by atoms with E-state index in [1.54, 1.807) is 24.3 Å². The van der Waals surface area contributed by atoms with Crippen molar-refractivity contribution in [3.05, 3.63) is 100 Å². The molecule has 2 N–H and O–H groups in total. The molecule has 0 spiro atoms. The van der Waals surface area contributed by atoms with Gasteiger partial charge in [-0.3, -0.25) is 9.59 Å². The molecular weight excluding hydrogens is 438 g/mol. The third-order valence-electron chi connectivity index (χ3n) is 5.02. The number of pyridine rings is 1. The van der Waals surface area contributed by atoms with Gasteiger partial charge in [0.05, 0.1) is 18.2 Å². The summed E-state index contributed by atoms with van der Waals surface area (Å²) in [5.41, 5.74) is 1.80. The van der Waals surface area contributed by atoms with E-state index in [4.69, 9.17) is 0 Å². The maximum Gasteiger partial charge on any atom is 0.350 e. The van der Waals surface area contributed by atoms with E-state index in [-0.39, 0.29) is 12.5 Å². The van der Waals surface area contributed by atoms with E-state index in [9.17, 15) is 19.2 Å². The van der Waals surface area contributed by atoms with Crippen LogP contribution in [0.3, 0.4) is 0 Å². The number of hydrogen-bond acceptors (Lipinski definition) is 6. The predicted molar refractivity (Wildman–Crippen MR) is 123 cm³/mol. The van der Waals surface area contributed by atoms with Gasteiger partial charge in [0.25, 0.3) is 5.91 Å². The summed E-state index contributed by atoms with van der Waals surface area (Å²) in [6.45, 7) is 0.0292. The largest absolute Gasteiger partial charge is 0.465 e. The molecule has 0 aliphatic heterocycles. The molecule has 0 atom stereocenters. The van der Waals surface area contributed by atoms with Gasteiger partial charge in [-0.2, -0.15) is 0 Å². The zero-order valence-electron chi connectivity index (χ0n) is 18.2. The molecule has 4 aromatic rings. The lowest BCUT2D eigenvalue weighted by Crippen LogP contribution is -2.28. The highest BCUT2D eigenvalue weighted by atomic mass is 16.5. The number of methoxy groups -OCH3 is 1. The smallest absolute Gasteiger partial charge is 0.350 e. The molecule has 2 aromatic heterocycles. The lowest BCUT2D eigenvalue weighted by atomic mass is 10.2. The van der Waals surface area contributed by atoms with Crippen LogP contribution in [0.1, 0.15) is 26.3 Å². The number of ether oxygens (including phenoxy) is 1. The van der Waals surface area contributed by atoms with Crippen LogP contribution in [0.5, 0.6) is 0 Å². The van der Waals surface area contributed by atoms with Crippen molar-refractivity contribution < 1.29 is 19.1 Å². The highest BCUT2D eigenvalue weighted by Crippen LogP contribution is 2.11. The first-order chi connectivity index (χ1) is 16.4. The fourth-order valence-corrected chi connectivity index (χ4v) is 3.28. The number of aromatic nitrogens is 3. The molecule has 0 saturated heterocycles. The Morgan fingerprint density at radius 1 is 0.941 bits per heavy atom. The van der Waals surface area contributed by atoms with Gasteiger partial charge in [0, 0.05) is 18.4 Å². The number of nitrogens with one attached hydrogen (secondary N) is 2. The number of anilines is 1. The Morgan fingerprint density at radius 3 is 2.35 bits per heavy atom. The van der Waals surface area contributed by atoms with Crippen LogP contribution in [0.2, 0.25) is 0 Å². The molecule has 0 bridgehead atoms. The van der Waals surface area contributed by atoms with Gasteiger partial charge in [-0.05, 0) is 42.0 Å². The average Bonchev–Trinajstić information content (AvgIpc) is 3.17. The van der Waals surface area contributed by atoms with E-state index in [0.717, 1.165) is 10.2 Å². The number of hydrogen-bond donors (Lipinski definition) is 2. The lowest BCUT2D eigenvalue weighted by Gasteiger charge is -2.05. The van der Waals surface area contributed by atoms with E-state index in [2.05, 4.69) is 20.5 Å². The van der Waals surface area contributed by atoms with Crippen molar-refractivity contribution in [3.63, 3.8) is 0 Å². The van der Waals surface area contributed by atoms with Gasteiger partial charge in [0.1, 0.15) is 6.54 Å². The molecule has 2 aromatic carbocycles. The van der Waals surface area contributed by atoms with Crippen LogP contribution in [0.25, 0.3) is 5.65 Å². The Hall–Kier alpha value is -4.73. The summed E-state index contributed by atoms with van der Waals surface area (Å²) < 4.78 is 6.87. The number of amides is 2. The zero-order chi connectivity index (χ0) is 24.1. The second kappa shape index (κ2) is 9.82. The minimum Gasteiger partial charge on any atom is -0.465 e. The number of fused-ring (bicyclic) bond motifs is 1. The molecule has 2 heterocycles. The highest BCUT2D eigenvalue weighted by molar-refractivity contribution is 5.94. The van der Waals surface area contributed by atoms with Crippen molar-refractivity contribution in [2.75, 3.05) is 12.4 Å². The summed E-state index contributed by atoms with van der Waals surface area (Å²) >= 11 is 0. The first-order valence-electron chi connectivity index (χ1n) is 10.3. The zero-order valence-corrected chi connectivity index (χ0v) is 18.2. The first-order valence-corrected chi connectivity index (χ1v) is 10.3. The van der Waals surface area contributed by atoms with Gasteiger partial charge in [-0.25, -0.2) is 18.7 Å². The highest BCUT2D eigenvalue weighted by Gasteiger charge is 2.14. The topological polar surface area (TPSA) is 124 Å². The number of carbonyl (C=O) groups excluding carboxylic acids is 3. The second-order valence-corrected chi connectivity index (χ2v) is 7.37. The number of benzene rings is 2. The summed E-state index contributed by atoms with van der Waals surface area (Å²) in [6, 6.07) is 18.7. The standard InChI is InChI=1S/C24H21N5O5/c1-34-23(32)17-7-10-19(11-8-17)26-21(30)15-29-24(33)28-14-18(9-12-20(28)27-29)22(31)25-13-16-5-3-2-4-6-16/h2-12,14H,13,15H2,1H3,(H,25,31)(H,26,30). The van der Waals surface area contributed by atoms with E-state index in [1.165, 1.54) is 29.8 Å². The Labute approximate surface area is 193 Å². The van der Waals surface area contributed by atoms with Crippen molar-refractivity contribution in [2.45, 2.75) is 13.1 Å². The Morgan fingerprint density at radius 2 is 1.65 bits per heavy atom. The molecular formula is C24H21N5O5. The molecule has 2 amide bonds. The van der Waals surface area contributed by atoms with Gasteiger partial charge < -0.3 is 15.4 Å². The van der Waals surface area contributed by atoms with E-state index >= 15 is 0 Å². The maximum atomic E-state index is 12.7. The van der Waals surface area contributed by atoms with Crippen molar-refractivity contribution >= 4 is 29.1 Å². The molecule has 34 heavy (non-hydrogen) atoms. The molecule has 0 unspecified atom stereocenters. The Bertz CT molecular complexity index is 1410. The van der Waals surface area contributed by atoms with Crippen molar-refractivity contribution in [2.24, 2.45) is 0 Å². The molecule has 10 heteroatoms. The van der Waals surface area contributed by atoms with Crippen LogP contribution >= 0.6 is 0 Å². The molecule has 0 aliphatic rings. The van der Waals surface area contributed by atoms with Gasteiger partial charge in [-0.1, -0.05) is 30.3 Å². The number of rotatable bonds is 7. The Balaban J connectivity index is 1.43. The average molecular weight is 459 g/mol. The Kier molecular flexibility index (Phi) is 6.49. The minimum absolute atomic E-state index is 0.292. The molecule has 0 radical (unpaired) electrons.